The second-order valence-electron chi connectivity index (χ2n) is 4.26. The zero-order valence-electron chi connectivity index (χ0n) is 9.12. The van der Waals surface area contributed by atoms with E-state index in [0.29, 0.717) is 25.4 Å². The lowest BCUT2D eigenvalue weighted by Crippen LogP contribution is -2.52. The van der Waals surface area contributed by atoms with E-state index in [4.69, 9.17) is 0 Å². The van der Waals surface area contributed by atoms with Gasteiger partial charge in [-0.25, -0.2) is 0 Å². The summed E-state index contributed by atoms with van der Waals surface area (Å²) in [6.07, 6.45) is -0.420. The van der Waals surface area contributed by atoms with Gasteiger partial charge in [-0.05, 0) is 12.3 Å². The van der Waals surface area contributed by atoms with Gasteiger partial charge in [0.15, 0.2) is 0 Å². The van der Waals surface area contributed by atoms with Crippen molar-refractivity contribution in [2.45, 2.75) is 26.4 Å². The third-order valence-corrected chi connectivity index (χ3v) is 2.37. The lowest BCUT2D eigenvalue weighted by Gasteiger charge is -2.26. The first-order valence-electron chi connectivity index (χ1n) is 5.26. The zero-order valence-corrected chi connectivity index (χ0v) is 9.12. The minimum atomic E-state index is -0.947. The third-order valence-electron chi connectivity index (χ3n) is 2.37. The molecule has 0 aliphatic carbocycles. The standard InChI is InChI=1S/C10H18N2O3/c1-6(2)5-12-10(15)8-7(13)3-4-11-9(8)14/h6-8,13H,3-5H2,1-2H3,(H,11,14)(H,12,15). The van der Waals surface area contributed by atoms with Gasteiger partial charge in [0, 0.05) is 13.1 Å². The second-order valence-corrected chi connectivity index (χ2v) is 4.26. The number of aliphatic hydroxyl groups is 1. The molecule has 0 spiro atoms. The number of amides is 2. The van der Waals surface area contributed by atoms with Crippen molar-refractivity contribution in [3.63, 3.8) is 0 Å². The summed E-state index contributed by atoms with van der Waals surface area (Å²) in [5.74, 6) is -1.38. The van der Waals surface area contributed by atoms with Crippen molar-refractivity contribution in [1.29, 1.82) is 0 Å². The van der Waals surface area contributed by atoms with Crippen LogP contribution in [0, 0.1) is 11.8 Å². The predicted molar refractivity (Wildman–Crippen MR) is 55.0 cm³/mol. The van der Waals surface area contributed by atoms with Gasteiger partial charge < -0.3 is 15.7 Å². The maximum absolute atomic E-state index is 11.6. The number of nitrogens with one attached hydrogen (secondary N) is 2. The smallest absolute Gasteiger partial charge is 0.235 e. The number of piperidine rings is 1. The molecule has 0 bridgehead atoms. The van der Waals surface area contributed by atoms with Crippen LogP contribution in [0.2, 0.25) is 0 Å². The molecule has 1 saturated heterocycles. The van der Waals surface area contributed by atoms with Gasteiger partial charge in [0.05, 0.1) is 6.10 Å². The normalized spacial score (nSPS) is 26.3. The molecule has 3 N–H and O–H groups in total. The number of hydrogen-bond donors (Lipinski definition) is 3. The largest absolute Gasteiger partial charge is 0.392 e. The van der Waals surface area contributed by atoms with E-state index < -0.39 is 12.0 Å². The molecule has 5 heteroatoms. The van der Waals surface area contributed by atoms with E-state index >= 15 is 0 Å². The van der Waals surface area contributed by atoms with Crippen LogP contribution in [0.25, 0.3) is 0 Å². The van der Waals surface area contributed by atoms with Gasteiger partial charge in [-0.1, -0.05) is 13.8 Å². The Bertz CT molecular complexity index is 253. The van der Waals surface area contributed by atoms with E-state index in [2.05, 4.69) is 10.6 Å². The average molecular weight is 214 g/mol. The Hall–Kier alpha value is -1.10. The fourth-order valence-corrected chi connectivity index (χ4v) is 1.50. The fourth-order valence-electron chi connectivity index (χ4n) is 1.50. The maximum atomic E-state index is 11.6. The Morgan fingerprint density at radius 3 is 2.87 bits per heavy atom. The van der Waals surface area contributed by atoms with E-state index in [1.54, 1.807) is 0 Å². The van der Waals surface area contributed by atoms with Crippen LogP contribution in [0.5, 0.6) is 0 Å². The SMILES string of the molecule is CC(C)CNC(=O)C1C(=O)NCCC1O. The van der Waals surface area contributed by atoms with E-state index in [1.165, 1.54) is 0 Å². The fraction of sp³-hybridized carbons (Fsp3) is 0.800. The van der Waals surface area contributed by atoms with E-state index in [1.807, 2.05) is 13.8 Å². The first kappa shape index (κ1) is 12.0. The molecule has 86 valence electrons. The van der Waals surface area contributed by atoms with Crippen LogP contribution in [0.4, 0.5) is 0 Å². The molecule has 0 radical (unpaired) electrons. The van der Waals surface area contributed by atoms with Gasteiger partial charge in [-0.2, -0.15) is 0 Å². The number of aliphatic hydroxyl groups excluding tert-OH is 1. The van der Waals surface area contributed by atoms with Crippen LogP contribution in [0.1, 0.15) is 20.3 Å². The Balaban J connectivity index is 2.52. The number of rotatable bonds is 3. The van der Waals surface area contributed by atoms with Crippen molar-refractivity contribution >= 4 is 11.8 Å². The molecule has 1 aliphatic heterocycles. The maximum Gasteiger partial charge on any atom is 0.235 e. The van der Waals surface area contributed by atoms with Crippen molar-refractivity contribution in [1.82, 2.24) is 10.6 Å². The van der Waals surface area contributed by atoms with Crippen molar-refractivity contribution in [3.8, 4) is 0 Å². The summed E-state index contributed by atoms with van der Waals surface area (Å²) in [5.41, 5.74) is 0. The van der Waals surface area contributed by atoms with Crippen molar-refractivity contribution in [2.75, 3.05) is 13.1 Å². The molecule has 2 unspecified atom stereocenters. The summed E-state index contributed by atoms with van der Waals surface area (Å²) >= 11 is 0. The quantitative estimate of drug-likeness (QED) is 0.541. The van der Waals surface area contributed by atoms with Crippen LogP contribution < -0.4 is 10.6 Å². The topological polar surface area (TPSA) is 78.4 Å². The van der Waals surface area contributed by atoms with Crippen LogP contribution in [0.15, 0.2) is 0 Å². The molecule has 5 nitrogen and oxygen atoms in total. The number of carbonyl (C=O) groups is 2. The molecule has 0 aromatic rings. The van der Waals surface area contributed by atoms with Crippen LogP contribution in [0.3, 0.4) is 0 Å². The first-order chi connectivity index (χ1) is 7.02. The summed E-state index contributed by atoms with van der Waals surface area (Å²) in [5, 5.41) is 14.8. The molecule has 1 aliphatic rings. The van der Waals surface area contributed by atoms with Crippen LogP contribution >= 0.6 is 0 Å². The highest BCUT2D eigenvalue weighted by Gasteiger charge is 2.36. The number of carbonyl (C=O) groups excluding carboxylic acids is 2. The molecule has 0 aromatic carbocycles. The van der Waals surface area contributed by atoms with Gasteiger partial charge in [0.1, 0.15) is 5.92 Å². The summed E-state index contributed by atoms with van der Waals surface area (Å²) in [6.45, 7) is 4.90. The Morgan fingerprint density at radius 1 is 1.67 bits per heavy atom. The molecule has 15 heavy (non-hydrogen) atoms. The summed E-state index contributed by atoms with van der Waals surface area (Å²) in [4.78, 5) is 23.0. The van der Waals surface area contributed by atoms with Crippen LogP contribution in [-0.2, 0) is 9.59 Å². The van der Waals surface area contributed by atoms with Crippen molar-refractivity contribution < 1.29 is 14.7 Å². The monoisotopic (exact) mass is 214 g/mol. The van der Waals surface area contributed by atoms with E-state index in [0.717, 1.165) is 0 Å². The van der Waals surface area contributed by atoms with Gasteiger partial charge in [-0.15, -0.1) is 0 Å². The highest BCUT2D eigenvalue weighted by molar-refractivity contribution is 6.01. The van der Waals surface area contributed by atoms with Gasteiger partial charge in [0.2, 0.25) is 11.8 Å². The van der Waals surface area contributed by atoms with E-state index in [-0.39, 0.29) is 11.8 Å². The Kier molecular flexibility index (Phi) is 4.08. The summed E-state index contributed by atoms with van der Waals surface area (Å²) in [7, 11) is 0. The highest BCUT2D eigenvalue weighted by Crippen LogP contribution is 2.12. The summed E-state index contributed by atoms with van der Waals surface area (Å²) < 4.78 is 0. The minimum absolute atomic E-state index is 0.331. The molecule has 1 fully saturated rings. The Morgan fingerprint density at radius 2 is 2.33 bits per heavy atom. The van der Waals surface area contributed by atoms with E-state index in [9.17, 15) is 14.7 Å². The summed E-state index contributed by atoms with van der Waals surface area (Å²) in [6, 6.07) is 0. The molecule has 0 saturated carbocycles. The molecular weight excluding hydrogens is 196 g/mol. The molecule has 2 amide bonds. The lowest BCUT2D eigenvalue weighted by atomic mass is 9.94. The highest BCUT2D eigenvalue weighted by atomic mass is 16.3. The molecule has 1 heterocycles. The van der Waals surface area contributed by atoms with Crippen molar-refractivity contribution in [2.24, 2.45) is 11.8 Å². The second kappa shape index (κ2) is 5.11. The minimum Gasteiger partial charge on any atom is -0.392 e. The third kappa shape index (κ3) is 3.20. The molecule has 2 atom stereocenters. The van der Waals surface area contributed by atoms with Crippen molar-refractivity contribution in [3.05, 3.63) is 0 Å². The van der Waals surface area contributed by atoms with Gasteiger partial charge >= 0.3 is 0 Å². The molecule has 0 aromatic heterocycles. The lowest BCUT2D eigenvalue weighted by molar-refractivity contribution is -0.142. The zero-order chi connectivity index (χ0) is 11.4. The van der Waals surface area contributed by atoms with Gasteiger partial charge in [0.25, 0.3) is 0 Å². The molecule has 1 rings (SSSR count). The molecular formula is C10H18N2O3. The van der Waals surface area contributed by atoms with Crippen LogP contribution in [-0.4, -0.2) is 36.1 Å². The number of hydrogen-bond acceptors (Lipinski definition) is 3. The predicted octanol–water partition coefficient (Wildman–Crippen LogP) is -0.744. The average Bonchev–Trinajstić information content (AvgIpc) is 2.14. The first-order valence-corrected chi connectivity index (χ1v) is 5.26. The Labute approximate surface area is 89.2 Å². The van der Waals surface area contributed by atoms with Gasteiger partial charge in [-0.3, -0.25) is 9.59 Å².